The van der Waals surface area contributed by atoms with E-state index >= 15 is 0 Å². The number of hydrogen-bond donors (Lipinski definition) is 1. The first-order chi connectivity index (χ1) is 7.40. The number of hydrogen-bond acceptors (Lipinski definition) is 4. The first-order valence-corrected chi connectivity index (χ1v) is 5.82. The van der Waals surface area contributed by atoms with Crippen LogP contribution < -0.4 is 0 Å². The summed E-state index contributed by atoms with van der Waals surface area (Å²) in [5.41, 5.74) is 0. The van der Waals surface area contributed by atoms with E-state index in [2.05, 4.69) is 0 Å². The Balaban J connectivity index is 2.81. The molecule has 4 heteroatoms. The van der Waals surface area contributed by atoms with Crippen molar-refractivity contribution in [1.82, 2.24) is 0 Å². The van der Waals surface area contributed by atoms with Crippen molar-refractivity contribution >= 4 is 11.8 Å². The Morgan fingerprint density at radius 1 is 1.38 bits per heavy atom. The molecule has 0 aromatic heterocycles. The lowest BCUT2D eigenvalue weighted by atomic mass is 9.80. The zero-order valence-electron chi connectivity index (χ0n) is 10.3. The molecule has 0 saturated carbocycles. The zero-order chi connectivity index (χ0) is 12.5. The number of carbonyl (C=O) groups is 2. The summed E-state index contributed by atoms with van der Waals surface area (Å²) in [6.45, 7) is 7.00. The van der Waals surface area contributed by atoms with Gasteiger partial charge in [0.25, 0.3) is 0 Å². The Morgan fingerprint density at radius 3 is 2.44 bits per heavy atom. The number of rotatable bonds is 3. The van der Waals surface area contributed by atoms with Gasteiger partial charge in [0.15, 0.2) is 5.78 Å². The van der Waals surface area contributed by atoms with Crippen LogP contribution in [0.5, 0.6) is 0 Å². The highest BCUT2D eigenvalue weighted by Crippen LogP contribution is 2.29. The van der Waals surface area contributed by atoms with Gasteiger partial charge >= 0.3 is 5.97 Å². The predicted molar refractivity (Wildman–Crippen MR) is 58.7 cm³/mol. The zero-order valence-corrected chi connectivity index (χ0v) is 10.3. The van der Waals surface area contributed by atoms with Crippen molar-refractivity contribution in [3.63, 3.8) is 0 Å². The van der Waals surface area contributed by atoms with Gasteiger partial charge in [0.2, 0.25) is 0 Å². The monoisotopic (exact) mass is 228 g/mol. The second kappa shape index (κ2) is 4.95. The molecule has 1 aliphatic heterocycles. The number of Topliss-reactive ketones (excluding diaryl/α,β-unsaturated/α-hetero) is 1. The van der Waals surface area contributed by atoms with E-state index in [4.69, 9.17) is 4.74 Å². The summed E-state index contributed by atoms with van der Waals surface area (Å²) in [5.74, 6) is -1.76. The second-order valence-electron chi connectivity index (χ2n) is 4.65. The van der Waals surface area contributed by atoms with Crippen molar-refractivity contribution in [2.24, 2.45) is 17.8 Å². The molecule has 1 saturated heterocycles. The van der Waals surface area contributed by atoms with Gasteiger partial charge < -0.3 is 9.84 Å². The van der Waals surface area contributed by atoms with Gasteiger partial charge in [0.05, 0.1) is 12.0 Å². The maximum absolute atomic E-state index is 11.8. The molecule has 0 aromatic carbocycles. The largest absolute Gasteiger partial charge is 0.461 e. The van der Waals surface area contributed by atoms with Crippen LogP contribution >= 0.6 is 0 Å². The van der Waals surface area contributed by atoms with E-state index in [1.807, 2.05) is 13.8 Å². The predicted octanol–water partition coefficient (Wildman–Crippen LogP) is 1.16. The minimum atomic E-state index is -0.669. The fraction of sp³-hybridized carbons (Fsp3) is 0.833. The van der Waals surface area contributed by atoms with E-state index < -0.39 is 24.1 Å². The van der Waals surface area contributed by atoms with Crippen molar-refractivity contribution in [3.05, 3.63) is 0 Å². The first-order valence-electron chi connectivity index (χ1n) is 5.82. The maximum Gasteiger partial charge on any atom is 0.316 e. The Morgan fingerprint density at radius 2 is 1.94 bits per heavy atom. The lowest BCUT2D eigenvalue weighted by Gasteiger charge is -2.36. The molecular formula is C12H20O4. The van der Waals surface area contributed by atoms with Gasteiger partial charge in [-0.3, -0.25) is 9.59 Å². The van der Waals surface area contributed by atoms with Crippen molar-refractivity contribution in [2.75, 3.05) is 0 Å². The highest BCUT2D eigenvalue weighted by atomic mass is 16.5. The van der Waals surface area contributed by atoms with Crippen molar-refractivity contribution in [2.45, 2.75) is 46.3 Å². The molecule has 5 atom stereocenters. The Kier molecular flexibility index (Phi) is 4.08. The summed E-state index contributed by atoms with van der Waals surface area (Å²) in [6.07, 6.45) is -0.446. The molecule has 1 heterocycles. The van der Waals surface area contributed by atoms with Crippen molar-refractivity contribution < 1.29 is 19.4 Å². The normalized spacial score (nSPS) is 34.4. The van der Waals surface area contributed by atoms with E-state index in [1.54, 1.807) is 13.8 Å². The molecule has 16 heavy (non-hydrogen) atoms. The number of ether oxygens (including phenoxy) is 1. The smallest absolute Gasteiger partial charge is 0.316 e. The number of aliphatic hydroxyl groups is 1. The van der Waals surface area contributed by atoms with E-state index in [9.17, 15) is 14.7 Å². The number of carbonyl (C=O) groups excluding carboxylic acids is 2. The molecule has 1 aliphatic rings. The average molecular weight is 228 g/mol. The Labute approximate surface area is 96.0 Å². The summed E-state index contributed by atoms with van der Waals surface area (Å²) in [5, 5.41) is 9.73. The Bertz CT molecular complexity index is 287. The van der Waals surface area contributed by atoms with Crippen LogP contribution in [0.4, 0.5) is 0 Å². The molecule has 0 bridgehead atoms. The van der Waals surface area contributed by atoms with E-state index in [1.165, 1.54) is 0 Å². The summed E-state index contributed by atoms with van der Waals surface area (Å²) < 4.78 is 5.25. The third-order valence-electron chi connectivity index (χ3n) is 3.52. The summed E-state index contributed by atoms with van der Waals surface area (Å²) in [7, 11) is 0. The van der Waals surface area contributed by atoms with Crippen molar-refractivity contribution in [3.8, 4) is 0 Å². The summed E-state index contributed by atoms with van der Waals surface area (Å²) in [4.78, 5) is 23.2. The fourth-order valence-corrected chi connectivity index (χ4v) is 2.16. The van der Waals surface area contributed by atoms with Gasteiger partial charge in [-0.15, -0.1) is 0 Å². The van der Waals surface area contributed by atoms with E-state index in [0.29, 0.717) is 6.42 Å². The van der Waals surface area contributed by atoms with Gasteiger partial charge in [-0.1, -0.05) is 20.8 Å². The van der Waals surface area contributed by atoms with Crippen LogP contribution in [0.15, 0.2) is 0 Å². The first kappa shape index (κ1) is 13.2. The number of ketones is 1. The summed E-state index contributed by atoms with van der Waals surface area (Å²) in [6, 6.07) is 0. The van der Waals surface area contributed by atoms with Gasteiger partial charge in [0, 0.05) is 5.92 Å². The molecule has 92 valence electrons. The molecule has 0 spiro atoms. The summed E-state index contributed by atoms with van der Waals surface area (Å²) >= 11 is 0. The average Bonchev–Trinajstić information content (AvgIpc) is 2.29. The third-order valence-corrected chi connectivity index (χ3v) is 3.52. The molecule has 1 unspecified atom stereocenters. The van der Waals surface area contributed by atoms with Crippen LogP contribution in [0.1, 0.15) is 34.1 Å². The van der Waals surface area contributed by atoms with Crippen LogP contribution in [-0.4, -0.2) is 29.1 Å². The molecular weight excluding hydrogens is 208 g/mol. The molecule has 0 aromatic rings. The van der Waals surface area contributed by atoms with Crippen LogP contribution in [0.25, 0.3) is 0 Å². The van der Waals surface area contributed by atoms with Gasteiger partial charge in [-0.2, -0.15) is 0 Å². The highest BCUT2D eigenvalue weighted by molar-refractivity contribution is 6.01. The van der Waals surface area contributed by atoms with E-state index in [0.717, 1.165) is 0 Å². The Hall–Kier alpha value is -0.900. The standard InChI is InChI=1S/C12H20O4/c1-5-9(13)6(2)11-7(3)10(14)8(4)12(15)16-11/h6-9,11,13H,5H2,1-4H3/t6-,7-,8+,9+,11?/m0/s1. The lowest BCUT2D eigenvalue weighted by molar-refractivity contribution is -0.175. The maximum atomic E-state index is 11.8. The molecule has 1 N–H and O–H groups in total. The number of cyclic esters (lactones) is 1. The molecule has 0 amide bonds. The van der Waals surface area contributed by atoms with Crippen molar-refractivity contribution in [1.29, 1.82) is 0 Å². The van der Waals surface area contributed by atoms with Crippen LogP contribution in [0, 0.1) is 17.8 Å². The topological polar surface area (TPSA) is 63.6 Å². The molecule has 0 aliphatic carbocycles. The van der Waals surface area contributed by atoms with Gasteiger partial charge in [-0.05, 0) is 13.3 Å². The second-order valence-corrected chi connectivity index (χ2v) is 4.65. The molecule has 1 rings (SSSR count). The minimum absolute atomic E-state index is 0.0867. The number of aliphatic hydroxyl groups excluding tert-OH is 1. The lowest BCUT2D eigenvalue weighted by Crippen LogP contribution is -2.48. The third kappa shape index (κ3) is 2.26. The van der Waals surface area contributed by atoms with Crippen LogP contribution in [0.2, 0.25) is 0 Å². The van der Waals surface area contributed by atoms with Crippen LogP contribution in [0.3, 0.4) is 0 Å². The molecule has 1 fully saturated rings. The van der Waals surface area contributed by atoms with Gasteiger partial charge in [0.1, 0.15) is 12.0 Å². The number of esters is 1. The quantitative estimate of drug-likeness (QED) is 0.581. The minimum Gasteiger partial charge on any atom is -0.461 e. The highest BCUT2D eigenvalue weighted by Gasteiger charge is 2.43. The molecule has 0 radical (unpaired) electrons. The SMILES string of the molecule is CC[C@@H](O)[C@H](C)C1OC(=O)[C@H](C)C(=O)[C@@H]1C. The van der Waals surface area contributed by atoms with Crippen LogP contribution in [-0.2, 0) is 14.3 Å². The van der Waals surface area contributed by atoms with E-state index in [-0.39, 0.29) is 17.6 Å². The van der Waals surface area contributed by atoms with Gasteiger partial charge in [-0.25, -0.2) is 0 Å². The fourth-order valence-electron chi connectivity index (χ4n) is 2.16. The molecule has 4 nitrogen and oxygen atoms in total.